The molecule has 19 heavy (non-hydrogen) atoms. The van der Waals surface area contributed by atoms with E-state index in [4.69, 9.17) is 4.74 Å². The Labute approximate surface area is 134 Å². The van der Waals surface area contributed by atoms with Crippen molar-refractivity contribution in [2.45, 2.75) is 46.0 Å². The van der Waals surface area contributed by atoms with Crippen LogP contribution < -0.4 is 4.74 Å². The number of alkyl halides is 1. The monoisotopic (exact) mass is 390 g/mol. The van der Waals surface area contributed by atoms with Crippen molar-refractivity contribution in [1.29, 1.82) is 0 Å². The molecule has 0 aliphatic rings. The van der Waals surface area contributed by atoms with Crippen molar-refractivity contribution in [3.05, 3.63) is 28.7 Å². The minimum atomic E-state index is 0.391. The minimum Gasteiger partial charge on any atom is -0.494 e. The lowest BCUT2D eigenvalue weighted by molar-refractivity contribution is 0.195. The Morgan fingerprint density at radius 2 is 2.00 bits per heavy atom. The highest BCUT2D eigenvalue weighted by Crippen LogP contribution is 2.35. The smallest absolute Gasteiger partial charge is 0.120 e. The van der Waals surface area contributed by atoms with E-state index in [0.717, 1.165) is 28.6 Å². The van der Waals surface area contributed by atoms with Crippen LogP contribution in [-0.4, -0.2) is 11.9 Å². The molecule has 0 radical (unpaired) electrons. The average Bonchev–Trinajstić information content (AvgIpc) is 2.43. The molecule has 1 nitrogen and oxygen atoms in total. The molecule has 0 amide bonds. The molecule has 0 saturated heterocycles. The van der Waals surface area contributed by atoms with E-state index in [9.17, 15) is 0 Å². The van der Waals surface area contributed by atoms with Crippen LogP contribution in [0.1, 0.15) is 46.0 Å². The molecule has 1 unspecified atom stereocenters. The highest BCUT2D eigenvalue weighted by molar-refractivity contribution is 9.10. The third-order valence-electron chi connectivity index (χ3n) is 3.79. The van der Waals surface area contributed by atoms with Gasteiger partial charge in [0.05, 0.1) is 6.61 Å². The maximum absolute atomic E-state index is 5.88. The second-order valence-corrected chi connectivity index (χ2v) is 6.62. The van der Waals surface area contributed by atoms with Crippen molar-refractivity contribution in [3.8, 4) is 5.75 Å². The van der Waals surface area contributed by atoms with Gasteiger partial charge in [-0.25, -0.2) is 0 Å². The van der Waals surface area contributed by atoms with Gasteiger partial charge in [0, 0.05) is 9.80 Å². The van der Waals surface area contributed by atoms with Gasteiger partial charge in [-0.15, -0.1) is 0 Å². The molecule has 108 valence electrons. The largest absolute Gasteiger partial charge is 0.494 e. The fourth-order valence-electron chi connectivity index (χ4n) is 2.20. The molecule has 0 fully saturated rings. The SMILES string of the molecule is CCCCC(CC)(CBr)CCOc1cccc(Br)c1. The summed E-state index contributed by atoms with van der Waals surface area (Å²) in [7, 11) is 0. The van der Waals surface area contributed by atoms with Gasteiger partial charge >= 0.3 is 0 Å². The normalized spacial score (nSPS) is 14.1. The van der Waals surface area contributed by atoms with E-state index in [0.29, 0.717) is 5.41 Å². The lowest BCUT2D eigenvalue weighted by Gasteiger charge is -2.31. The molecular formula is C16H24Br2O. The summed E-state index contributed by atoms with van der Waals surface area (Å²) < 4.78 is 6.94. The Balaban J connectivity index is 2.47. The molecule has 0 spiro atoms. The summed E-state index contributed by atoms with van der Waals surface area (Å²) >= 11 is 7.17. The Hall–Kier alpha value is -0.0200. The van der Waals surface area contributed by atoms with Crippen LogP contribution in [0, 0.1) is 5.41 Å². The maximum Gasteiger partial charge on any atom is 0.120 e. The Bertz CT molecular complexity index is 362. The Kier molecular flexibility index (Phi) is 8.08. The highest BCUT2D eigenvalue weighted by Gasteiger charge is 2.26. The van der Waals surface area contributed by atoms with Crippen LogP contribution in [0.15, 0.2) is 28.7 Å². The molecule has 0 aromatic heterocycles. The van der Waals surface area contributed by atoms with Crippen molar-refractivity contribution in [3.63, 3.8) is 0 Å². The number of unbranched alkanes of at least 4 members (excludes halogenated alkanes) is 1. The van der Waals surface area contributed by atoms with Gasteiger partial charge in [0.1, 0.15) is 5.75 Å². The van der Waals surface area contributed by atoms with E-state index in [2.05, 4.69) is 45.7 Å². The minimum absolute atomic E-state index is 0.391. The zero-order valence-corrected chi connectivity index (χ0v) is 15.1. The summed E-state index contributed by atoms with van der Waals surface area (Å²) in [5, 5.41) is 1.07. The molecule has 1 aromatic rings. The van der Waals surface area contributed by atoms with Gasteiger partial charge in [-0.1, -0.05) is 64.6 Å². The van der Waals surface area contributed by atoms with Crippen molar-refractivity contribution in [2.75, 3.05) is 11.9 Å². The molecule has 1 aromatic carbocycles. The predicted molar refractivity (Wildman–Crippen MR) is 90.3 cm³/mol. The molecular weight excluding hydrogens is 368 g/mol. The van der Waals surface area contributed by atoms with Crippen LogP contribution in [0.4, 0.5) is 0 Å². The molecule has 3 heteroatoms. The lowest BCUT2D eigenvalue weighted by Crippen LogP contribution is -2.24. The van der Waals surface area contributed by atoms with Gasteiger partial charge < -0.3 is 4.74 Å². The van der Waals surface area contributed by atoms with Crippen LogP contribution in [0.2, 0.25) is 0 Å². The number of ether oxygens (including phenoxy) is 1. The molecule has 0 saturated carbocycles. The average molecular weight is 392 g/mol. The summed E-state index contributed by atoms with van der Waals surface area (Å²) in [4.78, 5) is 0. The topological polar surface area (TPSA) is 9.23 Å². The van der Waals surface area contributed by atoms with Gasteiger partial charge in [0.25, 0.3) is 0 Å². The zero-order chi connectivity index (χ0) is 14.1. The van der Waals surface area contributed by atoms with Crippen LogP contribution in [0.25, 0.3) is 0 Å². The summed E-state index contributed by atoms with van der Waals surface area (Å²) in [6.45, 7) is 5.34. The van der Waals surface area contributed by atoms with Crippen LogP contribution >= 0.6 is 31.9 Å². The standard InChI is InChI=1S/C16H24Br2O/c1-3-5-9-16(4-2,13-17)10-11-19-15-8-6-7-14(18)12-15/h6-8,12H,3-5,9-11,13H2,1-2H3. The molecule has 1 rings (SSSR count). The summed E-state index contributed by atoms with van der Waals surface area (Å²) in [6.07, 6.45) is 6.17. The van der Waals surface area contributed by atoms with Gasteiger partial charge in [-0.05, 0) is 42.9 Å². The number of benzene rings is 1. The quantitative estimate of drug-likeness (QED) is 0.455. The van der Waals surface area contributed by atoms with E-state index < -0.39 is 0 Å². The van der Waals surface area contributed by atoms with Crippen molar-refractivity contribution < 1.29 is 4.74 Å². The van der Waals surface area contributed by atoms with Crippen molar-refractivity contribution in [1.82, 2.24) is 0 Å². The molecule has 0 bridgehead atoms. The fraction of sp³-hybridized carbons (Fsp3) is 0.625. The summed E-state index contributed by atoms with van der Waals surface area (Å²) in [5.74, 6) is 0.949. The second kappa shape index (κ2) is 9.02. The molecule has 0 aliphatic heterocycles. The van der Waals surface area contributed by atoms with Gasteiger partial charge in [-0.3, -0.25) is 0 Å². The lowest BCUT2D eigenvalue weighted by atomic mass is 9.79. The van der Waals surface area contributed by atoms with E-state index in [1.807, 2.05) is 24.3 Å². The third kappa shape index (κ3) is 5.86. The first-order valence-electron chi connectivity index (χ1n) is 7.10. The fourth-order valence-corrected chi connectivity index (χ4v) is 3.54. The highest BCUT2D eigenvalue weighted by atomic mass is 79.9. The van der Waals surface area contributed by atoms with Gasteiger partial charge in [0.15, 0.2) is 0 Å². The van der Waals surface area contributed by atoms with Crippen LogP contribution in [0.3, 0.4) is 0 Å². The van der Waals surface area contributed by atoms with E-state index >= 15 is 0 Å². The van der Waals surface area contributed by atoms with Gasteiger partial charge in [-0.2, -0.15) is 0 Å². The number of halogens is 2. The predicted octanol–water partition coefficient (Wildman–Crippen LogP) is 6.20. The molecule has 0 heterocycles. The van der Waals surface area contributed by atoms with Crippen LogP contribution in [-0.2, 0) is 0 Å². The first-order chi connectivity index (χ1) is 9.15. The van der Waals surface area contributed by atoms with Crippen molar-refractivity contribution >= 4 is 31.9 Å². The number of hydrogen-bond acceptors (Lipinski definition) is 1. The molecule has 0 aliphatic carbocycles. The van der Waals surface area contributed by atoms with Crippen molar-refractivity contribution in [2.24, 2.45) is 5.41 Å². The van der Waals surface area contributed by atoms with Crippen LogP contribution in [0.5, 0.6) is 5.75 Å². The molecule has 1 atom stereocenters. The number of hydrogen-bond donors (Lipinski definition) is 0. The maximum atomic E-state index is 5.88. The first kappa shape index (κ1) is 17.0. The third-order valence-corrected chi connectivity index (χ3v) is 5.47. The van der Waals surface area contributed by atoms with E-state index in [1.165, 1.54) is 25.7 Å². The Morgan fingerprint density at radius 1 is 1.21 bits per heavy atom. The van der Waals surface area contributed by atoms with Gasteiger partial charge in [0.2, 0.25) is 0 Å². The Morgan fingerprint density at radius 3 is 2.58 bits per heavy atom. The van der Waals surface area contributed by atoms with E-state index in [1.54, 1.807) is 0 Å². The van der Waals surface area contributed by atoms with E-state index in [-0.39, 0.29) is 0 Å². The second-order valence-electron chi connectivity index (χ2n) is 5.15. The summed E-state index contributed by atoms with van der Waals surface area (Å²) in [6, 6.07) is 8.06. The summed E-state index contributed by atoms with van der Waals surface area (Å²) in [5.41, 5.74) is 0.391. The molecule has 0 N–H and O–H groups in total. The zero-order valence-electron chi connectivity index (χ0n) is 11.9. The first-order valence-corrected chi connectivity index (χ1v) is 9.01. The number of rotatable bonds is 9.